The Morgan fingerprint density at radius 2 is 1.56 bits per heavy atom. The summed E-state index contributed by atoms with van der Waals surface area (Å²) >= 11 is 0. The second-order valence-electron chi connectivity index (χ2n) is 8.09. The Morgan fingerprint density at radius 3 is 2.25 bits per heavy atom. The molecule has 0 spiro atoms. The molecule has 0 bridgehead atoms. The first-order valence-corrected chi connectivity index (χ1v) is 11.0. The highest BCUT2D eigenvalue weighted by Gasteiger charge is 2.30. The smallest absolute Gasteiger partial charge is 0.220 e. The van der Waals surface area contributed by atoms with Gasteiger partial charge >= 0.3 is 0 Å². The fraction of sp³-hybridized carbons (Fsp3) is 0.296. The molecule has 166 valence electrons. The number of ether oxygens (including phenoxy) is 2. The van der Waals surface area contributed by atoms with E-state index in [1.807, 2.05) is 35.2 Å². The van der Waals surface area contributed by atoms with Crippen LogP contribution in [0.15, 0.2) is 72.8 Å². The van der Waals surface area contributed by atoms with Crippen LogP contribution in [0, 0.1) is 0 Å². The van der Waals surface area contributed by atoms with E-state index in [9.17, 15) is 4.79 Å². The molecule has 5 nitrogen and oxygen atoms in total. The summed E-state index contributed by atoms with van der Waals surface area (Å²) in [6.45, 7) is 4.80. The summed E-state index contributed by atoms with van der Waals surface area (Å²) in [5, 5.41) is 0. The molecule has 0 saturated carbocycles. The van der Waals surface area contributed by atoms with Crippen LogP contribution in [0.5, 0.6) is 11.5 Å². The van der Waals surface area contributed by atoms with Crippen molar-refractivity contribution in [3.8, 4) is 22.6 Å². The van der Waals surface area contributed by atoms with Gasteiger partial charge in [0.2, 0.25) is 5.91 Å². The van der Waals surface area contributed by atoms with Gasteiger partial charge in [0.15, 0.2) is 0 Å². The van der Waals surface area contributed by atoms with Crippen LogP contribution in [0.2, 0.25) is 0 Å². The molecule has 0 aliphatic carbocycles. The zero-order chi connectivity index (χ0) is 22.5. The van der Waals surface area contributed by atoms with Crippen molar-refractivity contribution in [1.82, 2.24) is 9.80 Å². The van der Waals surface area contributed by atoms with Gasteiger partial charge in [-0.05, 0) is 34.9 Å². The Labute approximate surface area is 190 Å². The highest BCUT2D eigenvalue weighted by molar-refractivity contribution is 5.74. The normalized spacial score (nSPS) is 16.6. The number of benzene rings is 3. The summed E-state index contributed by atoms with van der Waals surface area (Å²) in [6.07, 6.45) is 0. The Morgan fingerprint density at radius 1 is 0.875 bits per heavy atom. The lowest BCUT2D eigenvalue weighted by molar-refractivity contribution is -0.134. The molecule has 1 aliphatic rings. The lowest BCUT2D eigenvalue weighted by Gasteiger charge is -2.41. The molecule has 3 aromatic rings. The largest absolute Gasteiger partial charge is 0.497 e. The van der Waals surface area contributed by atoms with Gasteiger partial charge in [0.05, 0.1) is 20.3 Å². The van der Waals surface area contributed by atoms with Gasteiger partial charge in [-0.25, -0.2) is 0 Å². The Bertz CT molecular complexity index is 1060. The summed E-state index contributed by atoms with van der Waals surface area (Å²) in [5.41, 5.74) is 4.66. The summed E-state index contributed by atoms with van der Waals surface area (Å²) in [5.74, 6) is 1.80. The third-order valence-electron chi connectivity index (χ3n) is 6.18. The summed E-state index contributed by atoms with van der Waals surface area (Å²) in [4.78, 5) is 16.8. The van der Waals surface area contributed by atoms with E-state index in [0.29, 0.717) is 6.54 Å². The number of methoxy groups -OCH3 is 2. The predicted molar refractivity (Wildman–Crippen MR) is 127 cm³/mol. The average molecular weight is 431 g/mol. The van der Waals surface area contributed by atoms with Crippen LogP contribution >= 0.6 is 0 Å². The first-order valence-electron chi connectivity index (χ1n) is 11.0. The van der Waals surface area contributed by atoms with Crippen molar-refractivity contribution in [2.75, 3.05) is 33.9 Å². The molecule has 0 unspecified atom stereocenters. The first-order chi connectivity index (χ1) is 15.6. The van der Waals surface area contributed by atoms with Crippen LogP contribution in [-0.4, -0.2) is 49.6 Å². The number of para-hydroxylation sites is 1. The van der Waals surface area contributed by atoms with Crippen LogP contribution in [0.25, 0.3) is 11.1 Å². The van der Waals surface area contributed by atoms with E-state index in [-0.39, 0.29) is 11.9 Å². The van der Waals surface area contributed by atoms with Crippen molar-refractivity contribution in [3.05, 3.63) is 83.9 Å². The monoisotopic (exact) mass is 430 g/mol. The zero-order valence-corrected chi connectivity index (χ0v) is 19.0. The van der Waals surface area contributed by atoms with E-state index >= 15 is 0 Å². The quantitative estimate of drug-likeness (QED) is 0.565. The molecular weight excluding hydrogens is 400 g/mol. The first kappa shape index (κ1) is 21.9. The molecule has 4 rings (SSSR count). The predicted octanol–water partition coefficient (Wildman–Crippen LogP) is 4.78. The third kappa shape index (κ3) is 4.63. The van der Waals surface area contributed by atoms with Gasteiger partial charge in [0, 0.05) is 38.7 Å². The Hall–Kier alpha value is -3.31. The van der Waals surface area contributed by atoms with E-state index in [2.05, 4.69) is 47.4 Å². The second kappa shape index (κ2) is 9.88. The van der Waals surface area contributed by atoms with E-state index in [0.717, 1.165) is 42.3 Å². The molecule has 0 N–H and O–H groups in total. The number of hydrogen-bond donors (Lipinski definition) is 0. The Kier molecular flexibility index (Phi) is 6.76. The van der Waals surface area contributed by atoms with E-state index in [1.165, 1.54) is 11.1 Å². The van der Waals surface area contributed by atoms with E-state index in [1.54, 1.807) is 21.1 Å². The fourth-order valence-corrected chi connectivity index (χ4v) is 4.50. The Balaban J connectivity index is 1.60. The molecule has 1 saturated heterocycles. The highest BCUT2D eigenvalue weighted by atomic mass is 16.5. The van der Waals surface area contributed by atoms with Crippen LogP contribution in [0.4, 0.5) is 0 Å². The minimum absolute atomic E-state index is 0.0191. The maximum Gasteiger partial charge on any atom is 0.220 e. The minimum atomic E-state index is 0.0191. The lowest BCUT2D eigenvalue weighted by atomic mass is 9.97. The molecule has 5 heteroatoms. The van der Waals surface area contributed by atoms with Gasteiger partial charge in [-0.1, -0.05) is 54.6 Å². The summed E-state index contributed by atoms with van der Waals surface area (Å²) in [7, 11) is 3.38. The third-order valence-corrected chi connectivity index (χ3v) is 6.18. The van der Waals surface area contributed by atoms with Crippen molar-refractivity contribution in [2.45, 2.75) is 19.5 Å². The molecule has 1 amide bonds. The average Bonchev–Trinajstić information content (AvgIpc) is 2.84. The maximum absolute atomic E-state index is 12.3. The second-order valence-corrected chi connectivity index (χ2v) is 8.09. The number of rotatable bonds is 6. The minimum Gasteiger partial charge on any atom is -0.497 e. The molecule has 3 aromatic carbocycles. The zero-order valence-electron chi connectivity index (χ0n) is 19.0. The molecular formula is C27H30N2O3. The van der Waals surface area contributed by atoms with Crippen LogP contribution in [0.3, 0.4) is 0 Å². The summed E-state index contributed by atoms with van der Waals surface area (Å²) in [6, 6.07) is 24.7. The number of piperazine rings is 1. The van der Waals surface area contributed by atoms with Crippen molar-refractivity contribution in [1.29, 1.82) is 0 Å². The molecule has 1 atom stereocenters. The molecule has 1 heterocycles. The molecule has 32 heavy (non-hydrogen) atoms. The maximum atomic E-state index is 12.3. The van der Waals surface area contributed by atoms with Gasteiger partial charge in [-0.2, -0.15) is 0 Å². The number of amides is 1. The van der Waals surface area contributed by atoms with Crippen molar-refractivity contribution >= 4 is 5.91 Å². The van der Waals surface area contributed by atoms with E-state index in [4.69, 9.17) is 9.47 Å². The van der Waals surface area contributed by atoms with Gasteiger partial charge in [-0.15, -0.1) is 0 Å². The fourth-order valence-electron chi connectivity index (χ4n) is 4.50. The number of hydrogen-bond acceptors (Lipinski definition) is 4. The SMILES string of the molecule is COc1ccc([C@@H]2CN(Cc3ccccc3-c3ccccc3OC)CCN2C(C)=O)cc1. The molecule has 0 radical (unpaired) electrons. The molecule has 0 aromatic heterocycles. The van der Waals surface area contributed by atoms with Crippen molar-refractivity contribution in [2.24, 2.45) is 0 Å². The van der Waals surface area contributed by atoms with E-state index < -0.39 is 0 Å². The highest BCUT2D eigenvalue weighted by Crippen LogP contribution is 2.34. The van der Waals surface area contributed by atoms with Crippen LogP contribution in [0.1, 0.15) is 24.1 Å². The number of nitrogens with zero attached hydrogens (tertiary/aromatic N) is 2. The van der Waals surface area contributed by atoms with Crippen molar-refractivity contribution < 1.29 is 14.3 Å². The number of carbonyl (C=O) groups is 1. The van der Waals surface area contributed by atoms with Crippen molar-refractivity contribution in [3.63, 3.8) is 0 Å². The van der Waals surface area contributed by atoms with Gasteiger partial charge in [-0.3, -0.25) is 9.69 Å². The van der Waals surface area contributed by atoms with Gasteiger partial charge in [0.1, 0.15) is 11.5 Å². The molecule has 1 fully saturated rings. The topological polar surface area (TPSA) is 42.0 Å². The standard InChI is InChI=1S/C27H30N2O3/c1-20(30)29-17-16-28(19-26(29)21-12-14-23(31-2)15-13-21)18-22-8-4-5-9-24(22)25-10-6-7-11-27(25)32-3/h4-15,26H,16-19H2,1-3H3/t26-/m0/s1. The molecule has 1 aliphatic heterocycles. The van der Waals surface area contributed by atoms with Crippen LogP contribution < -0.4 is 9.47 Å². The number of carbonyl (C=O) groups excluding carboxylic acids is 1. The summed E-state index contributed by atoms with van der Waals surface area (Å²) < 4.78 is 10.9. The van der Waals surface area contributed by atoms with Crippen LogP contribution in [-0.2, 0) is 11.3 Å². The van der Waals surface area contributed by atoms with Gasteiger partial charge < -0.3 is 14.4 Å². The van der Waals surface area contributed by atoms with Gasteiger partial charge in [0.25, 0.3) is 0 Å². The lowest BCUT2D eigenvalue weighted by Crippen LogP contribution is -2.49.